The molecular weight excluding hydrogens is 403 g/mol. The third-order valence-corrected chi connectivity index (χ3v) is 5.70. The van der Waals surface area contributed by atoms with E-state index in [2.05, 4.69) is 5.32 Å². The highest BCUT2D eigenvalue weighted by atomic mass is 32.1. The molecule has 1 aliphatic rings. The van der Waals surface area contributed by atoms with Crippen LogP contribution in [0.4, 0.5) is 15.8 Å². The average molecular weight is 420 g/mol. The minimum Gasteiger partial charge on any atom is -0.321 e. The van der Waals surface area contributed by atoms with Crippen LogP contribution in [0.2, 0.25) is 0 Å². The molecule has 0 radical (unpaired) electrons. The fourth-order valence-corrected chi connectivity index (χ4v) is 4.14. The van der Waals surface area contributed by atoms with Crippen molar-refractivity contribution >= 4 is 46.5 Å². The number of hydrogen-bond acceptors (Lipinski definition) is 4. The molecule has 3 aromatic rings. The zero-order chi connectivity index (χ0) is 21.1. The maximum absolute atomic E-state index is 13.9. The molecule has 0 aliphatic carbocycles. The van der Waals surface area contributed by atoms with E-state index in [0.717, 1.165) is 14.7 Å². The largest absolute Gasteiger partial charge is 0.321 e. The Morgan fingerprint density at radius 1 is 0.967 bits per heavy atom. The lowest BCUT2D eigenvalue weighted by molar-refractivity contribution is -0.121. The number of amides is 3. The van der Waals surface area contributed by atoms with Gasteiger partial charge in [-0.2, -0.15) is 0 Å². The molecule has 30 heavy (non-hydrogen) atoms. The van der Waals surface area contributed by atoms with E-state index in [0.29, 0.717) is 16.9 Å². The zero-order valence-electron chi connectivity index (χ0n) is 15.8. The molecule has 2 heterocycles. The molecule has 0 saturated carbocycles. The molecule has 1 N–H and O–H groups in total. The first-order chi connectivity index (χ1) is 14.5. The van der Waals surface area contributed by atoms with Crippen molar-refractivity contribution in [2.24, 2.45) is 0 Å². The summed E-state index contributed by atoms with van der Waals surface area (Å²) in [6, 6.07) is 16.8. The van der Waals surface area contributed by atoms with Crippen molar-refractivity contribution in [3.63, 3.8) is 0 Å². The monoisotopic (exact) mass is 420 g/mol. The van der Waals surface area contributed by atoms with E-state index >= 15 is 0 Å². The predicted molar refractivity (Wildman–Crippen MR) is 116 cm³/mol. The van der Waals surface area contributed by atoms with Crippen molar-refractivity contribution in [3.05, 3.63) is 77.4 Å². The first-order valence-electron chi connectivity index (χ1n) is 9.31. The summed E-state index contributed by atoms with van der Waals surface area (Å²) in [5.41, 5.74) is 1.26. The van der Waals surface area contributed by atoms with Gasteiger partial charge in [0, 0.05) is 34.2 Å². The van der Waals surface area contributed by atoms with Crippen LogP contribution < -0.4 is 10.2 Å². The van der Waals surface area contributed by atoms with Gasteiger partial charge in [-0.3, -0.25) is 14.4 Å². The van der Waals surface area contributed by atoms with Gasteiger partial charge in [-0.1, -0.05) is 30.3 Å². The third kappa shape index (κ3) is 4.06. The Kier molecular flexibility index (Phi) is 5.54. The Bertz CT molecular complexity index is 1150. The fourth-order valence-electron chi connectivity index (χ4n) is 3.20. The van der Waals surface area contributed by atoms with Gasteiger partial charge >= 0.3 is 0 Å². The maximum Gasteiger partial charge on any atom is 0.248 e. The normalized spacial score (nSPS) is 14.0. The van der Waals surface area contributed by atoms with Gasteiger partial charge in [0.05, 0.1) is 11.4 Å². The van der Waals surface area contributed by atoms with Gasteiger partial charge in [0.2, 0.25) is 17.7 Å². The smallest absolute Gasteiger partial charge is 0.248 e. The summed E-state index contributed by atoms with van der Waals surface area (Å²) in [6.45, 7) is 0. The molecule has 1 aliphatic heterocycles. The number of benzene rings is 2. The summed E-state index contributed by atoms with van der Waals surface area (Å²) in [6.07, 6.45) is 3.34. The Hall–Kier alpha value is -3.58. The maximum atomic E-state index is 13.9. The minimum absolute atomic E-state index is 0.170. The lowest BCUT2D eigenvalue weighted by Gasteiger charge is -2.18. The highest BCUT2D eigenvalue weighted by Gasteiger charge is 2.31. The van der Waals surface area contributed by atoms with Crippen molar-refractivity contribution in [1.82, 2.24) is 0 Å². The van der Waals surface area contributed by atoms with E-state index in [4.69, 9.17) is 0 Å². The highest BCUT2D eigenvalue weighted by molar-refractivity contribution is 7.16. The summed E-state index contributed by atoms with van der Waals surface area (Å²) in [5, 5.41) is 2.72. The summed E-state index contributed by atoms with van der Waals surface area (Å²) in [7, 11) is 0. The number of nitrogens with zero attached hydrogens (tertiary/aromatic N) is 1. The van der Waals surface area contributed by atoms with Crippen molar-refractivity contribution in [2.75, 3.05) is 10.2 Å². The molecule has 1 saturated heterocycles. The number of nitrogens with one attached hydrogen (secondary N) is 1. The quantitative estimate of drug-likeness (QED) is 0.474. The Labute approximate surface area is 176 Å². The van der Waals surface area contributed by atoms with Gasteiger partial charge in [-0.25, -0.2) is 9.29 Å². The number of anilines is 2. The average Bonchev–Trinajstić information content (AvgIpc) is 3.34. The van der Waals surface area contributed by atoms with E-state index in [9.17, 15) is 18.8 Å². The fraction of sp³-hybridized carbons (Fsp3) is 0.0870. The summed E-state index contributed by atoms with van der Waals surface area (Å²) >= 11 is 1.37. The Balaban J connectivity index is 1.49. The molecular formula is C23H17FN2O3S. The lowest BCUT2D eigenvalue weighted by Crippen LogP contribution is -2.29. The molecule has 4 rings (SSSR count). The van der Waals surface area contributed by atoms with E-state index in [1.54, 1.807) is 54.6 Å². The summed E-state index contributed by atoms with van der Waals surface area (Å²) < 4.78 is 13.9. The summed E-state index contributed by atoms with van der Waals surface area (Å²) in [5.74, 6) is -1.26. The predicted octanol–water partition coefficient (Wildman–Crippen LogP) is 4.86. The minimum atomic E-state index is -0.401. The number of thiophene rings is 1. The molecule has 5 nitrogen and oxygen atoms in total. The van der Waals surface area contributed by atoms with E-state index in [1.165, 1.54) is 23.5 Å². The second-order valence-electron chi connectivity index (χ2n) is 6.64. The number of carbonyl (C=O) groups is 3. The van der Waals surface area contributed by atoms with Crippen LogP contribution in [0, 0.1) is 5.82 Å². The van der Waals surface area contributed by atoms with E-state index < -0.39 is 5.91 Å². The third-order valence-electron chi connectivity index (χ3n) is 4.62. The van der Waals surface area contributed by atoms with Crippen LogP contribution in [0.1, 0.15) is 17.7 Å². The SMILES string of the molecule is O=C(C=Cc1ccc(-c2ccccc2F)s1)Nc1ccccc1N1C(=O)CCC1=O. The Morgan fingerprint density at radius 3 is 2.43 bits per heavy atom. The molecule has 1 aromatic heterocycles. The van der Waals surface area contributed by atoms with Gasteiger partial charge in [-0.05, 0) is 36.4 Å². The van der Waals surface area contributed by atoms with Crippen molar-refractivity contribution < 1.29 is 18.8 Å². The molecule has 0 unspecified atom stereocenters. The zero-order valence-corrected chi connectivity index (χ0v) is 16.6. The van der Waals surface area contributed by atoms with Crippen LogP contribution in [0.15, 0.2) is 66.7 Å². The molecule has 1 fully saturated rings. The number of halogens is 1. The molecule has 3 amide bonds. The first-order valence-corrected chi connectivity index (χ1v) is 10.1. The molecule has 0 bridgehead atoms. The first kappa shape index (κ1) is 19.7. The number of hydrogen-bond donors (Lipinski definition) is 1. The number of carbonyl (C=O) groups excluding carboxylic acids is 3. The van der Waals surface area contributed by atoms with Gasteiger partial charge in [0.1, 0.15) is 5.82 Å². The van der Waals surface area contributed by atoms with Crippen molar-refractivity contribution in [3.8, 4) is 10.4 Å². The van der Waals surface area contributed by atoms with Crippen molar-refractivity contribution in [1.29, 1.82) is 0 Å². The summed E-state index contributed by atoms with van der Waals surface area (Å²) in [4.78, 5) is 39.1. The van der Waals surface area contributed by atoms with E-state index in [-0.39, 0.29) is 30.5 Å². The second-order valence-corrected chi connectivity index (χ2v) is 7.76. The molecule has 0 spiro atoms. The van der Waals surface area contributed by atoms with Gasteiger partial charge in [-0.15, -0.1) is 11.3 Å². The standard InChI is InChI=1S/C23H17FN2O3S/c24-17-6-2-1-5-16(17)20-11-9-15(30-20)10-12-21(27)25-18-7-3-4-8-19(18)26-22(28)13-14-23(26)29/h1-12H,13-14H2,(H,25,27). The number of imide groups is 1. The molecule has 150 valence electrons. The van der Waals surface area contributed by atoms with Crippen LogP contribution in [0.3, 0.4) is 0 Å². The van der Waals surface area contributed by atoms with Gasteiger partial charge < -0.3 is 5.32 Å². The van der Waals surface area contributed by atoms with Crippen molar-refractivity contribution in [2.45, 2.75) is 12.8 Å². The topological polar surface area (TPSA) is 66.5 Å². The Morgan fingerprint density at radius 2 is 1.67 bits per heavy atom. The van der Waals surface area contributed by atoms with Crippen LogP contribution >= 0.6 is 11.3 Å². The van der Waals surface area contributed by atoms with E-state index in [1.807, 2.05) is 6.07 Å². The molecule has 0 atom stereocenters. The highest BCUT2D eigenvalue weighted by Crippen LogP contribution is 2.31. The van der Waals surface area contributed by atoms with Crippen LogP contribution in [-0.2, 0) is 14.4 Å². The molecule has 2 aromatic carbocycles. The van der Waals surface area contributed by atoms with Crippen LogP contribution in [0.25, 0.3) is 16.5 Å². The number of para-hydroxylation sites is 2. The van der Waals surface area contributed by atoms with Crippen LogP contribution in [-0.4, -0.2) is 17.7 Å². The van der Waals surface area contributed by atoms with Crippen LogP contribution in [0.5, 0.6) is 0 Å². The van der Waals surface area contributed by atoms with Gasteiger partial charge in [0.25, 0.3) is 0 Å². The molecule has 7 heteroatoms. The number of rotatable bonds is 5. The lowest BCUT2D eigenvalue weighted by atomic mass is 10.2. The second kappa shape index (κ2) is 8.42. The van der Waals surface area contributed by atoms with Gasteiger partial charge in [0.15, 0.2) is 0 Å².